The Morgan fingerprint density at radius 2 is 2.20 bits per heavy atom. The molecule has 0 aliphatic heterocycles. The third-order valence-corrected chi connectivity index (χ3v) is 3.49. The zero-order valence-electron chi connectivity index (χ0n) is 12.6. The fraction of sp³-hybridized carbons (Fsp3) is 0.600. The molecule has 1 unspecified atom stereocenters. The molecule has 2 N–H and O–H groups in total. The van der Waals surface area contributed by atoms with Crippen LogP contribution in [0.2, 0.25) is 0 Å². The van der Waals surface area contributed by atoms with Crippen molar-refractivity contribution in [3.05, 3.63) is 23.8 Å². The Kier molecular flexibility index (Phi) is 7.55. The quantitative estimate of drug-likeness (QED) is 0.563. The van der Waals surface area contributed by atoms with Gasteiger partial charge in [-0.05, 0) is 42.2 Å². The van der Waals surface area contributed by atoms with E-state index in [1.807, 2.05) is 12.1 Å². The summed E-state index contributed by atoms with van der Waals surface area (Å²) in [6.45, 7) is 5.74. The second-order valence-corrected chi connectivity index (χ2v) is 5.26. The summed E-state index contributed by atoms with van der Waals surface area (Å²) in [4.78, 5) is 2.26. The van der Waals surface area contributed by atoms with Crippen molar-refractivity contribution in [2.45, 2.75) is 32.7 Å². The van der Waals surface area contributed by atoms with E-state index in [1.165, 1.54) is 5.56 Å². The summed E-state index contributed by atoms with van der Waals surface area (Å²) in [5.74, 6) is 0.584. The minimum atomic E-state index is 0.272. The molecule has 1 rings (SSSR count). The van der Waals surface area contributed by atoms with Crippen molar-refractivity contribution in [1.29, 1.82) is 0 Å². The Hall–Kier alpha value is -1.13. The monoisotopic (exact) mass is 298 g/mol. The average molecular weight is 299 g/mol. The summed E-state index contributed by atoms with van der Waals surface area (Å²) < 4.78 is 5.25. The second-order valence-electron chi connectivity index (χ2n) is 4.88. The van der Waals surface area contributed by atoms with Crippen LogP contribution in [0, 0.1) is 0 Å². The molecule has 0 saturated carbocycles. The van der Waals surface area contributed by atoms with Crippen LogP contribution in [-0.2, 0) is 11.2 Å². The van der Waals surface area contributed by atoms with Gasteiger partial charge in [0.15, 0.2) is 0 Å². The topological polar surface area (TPSA) is 50.4 Å². The maximum absolute atomic E-state index is 5.93. The van der Waals surface area contributed by atoms with Gasteiger partial charge in [-0.15, -0.1) is 11.6 Å². The number of nitrogens with zero attached hydrogens (tertiary/aromatic N) is 2. The third kappa shape index (κ3) is 4.46. The van der Waals surface area contributed by atoms with Crippen LogP contribution in [0.4, 0.5) is 11.4 Å². The standard InChI is InChI=1S/C15H24ClN3O/c1-4-5-13-10-14(6-7-15(13)18-17)19(9-8-16)12(2)11-20-3/h6-7,10,12,17H,4-5,8-9,11H2,1-3H3/p+1. The van der Waals surface area contributed by atoms with Gasteiger partial charge in [0.2, 0.25) is 0 Å². The van der Waals surface area contributed by atoms with E-state index in [-0.39, 0.29) is 6.04 Å². The van der Waals surface area contributed by atoms with Crippen LogP contribution in [0.5, 0.6) is 0 Å². The first-order valence-electron chi connectivity index (χ1n) is 7.03. The summed E-state index contributed by atoms with van der Waals surface area (Å²) >= 11 is 5.93. The third-order valence-electron chi connectivity index (χ3n) is 3.32. The molecule has 0 aliphatic rings. The van der Waals surface area contributed by atoms with Crippen LogP contribution >= 0.6 is 11.6 Å². The molecular weight excluding hydrogens is 274 g/mol. The van der Waals surface area contributed by atoms with Gasteiger partial charge in [0, 0.05) is 31.3 Å². The first kappa shape index (κ1) is 16.9. The van der Waals surface area contributed by atoms with Crippen molar-refractivity contribution in [3.63, 3.8) is 0 Å². The number of nitrogens with two attached hydrogens (primary N) is 1. The van der Waals surface area contributed by atoms with Gasteiger partial charge in [-0.2, -0.15) is 5.53 Å². The summed E-state index contributed by atoms with van der Waals surface area (Å²) in [7, 11) is 1.72. The highest BCUT2D eigenvalue weighted by Crippen LogP contribution is 2.27. The molecule has 0 fully saturated rings. The van der Waals surface area contributed by atoms with E-state index < -0.39 is 0 Å². The molecule has 0 spiro atoms. The zero-order chi connectivity index (χ0) is 15.0. The van der Waals surface area contributed by atoms with Crippen LogP contribution in [-0.4, -0.2) is 32.2 Å². The lowest BCUT2D eigenvalue weighted by molar-refractivity contribution is -0.210. The van der Waals surface area contributed by atoms with Crippen LogP contribution in [0.25, 0.3) is 0 Å². The number of alkyl halides is 1. The van der Waals surface area contributed by atoms with Gasteiger partial charge in [-0.25, -0.2) is 0 Å². The number of aryl methyl sites for hydroxylation is 1. The Labute approximate surface area is 126 Å². The number of rotatable bonds is 9. The van der Waals surface area contributed by atoms with Crippen molar-refractivity contribution in [1.82, 2.24) is 0 Å². The van der Waals surface area contributed by atoms with Crippen molar-refractivity contribution >= 4 is 23.0 Å². The molecule has 1 atom stereocenters. The fourth-order valence-electron chi connectivity index (χ4n) is 2.37. The van der Waals surface area contributed by atoms with Crippen LogP contribution in [0.3, 0.4) is 0 Å². The Bertz CT molecular complexity index is 426. The zero-order valence-corrected chi connectivity index (χ0v) is 13.4. The summed E-state index contributed by atoms with van der Waals surface area (Å²) in [5.41, 5.74) is 8.63. The predicted molar refractivity (Wildman–Crippen MR) is 83.9 cm³/mol. The molecule has 1 aromatic rings. The largest absolute Gasteiger partial charge is 0.383 e. The lowest BCUT2D eigenvalue weighted by atomic mass is 10.1. The number of anilines is 1. The number of methoxy groups -OCH3 is 1. The maximum atomic E-state index is 5.93. The van der Waals surface area contributed by atoms with Gasteiger partial charge >= 0.3 is 0 Å². The van der Waals surface area contributed by atoms with Crippen LogP contribution in [0.15, 0.2) is 23.3 Å². The van der Waals surface area contributed by atoms with E-state index >= 15 is 0 Å². The van der Waals surface area contributed by atoms with E-state index in [0.29, 0.717) is 12.5 Å². The Morgan fingerprint density at radius 3 is 2.75 bits per heavy atom. The first-order valence-corrected chi connectivity index (χ1v) is 7.56. The molecule has 112 valence electrons. The lowest BCUT2D eigenvalue weighted by Crippen LogP contribution is -2.37. The number of ether oxygens (including phenoxy) is 1. The van der Waals surface area contributed by atoms with Gasteiger partial charge in [-0.3, -0.25) is 0 Å². The molecule has 5 heteroatoms. The van der Waals surface area contributed by atoms with Gasteiger partial charge in [0.1, 0.15) is 5.69 Å². The molecule has 0 bridgehead atoms. The average Bonchev–Trinajstić information content (AvgIpc) is 2.45. The maximum Gasteiger partial charge on any atom is 0.133 e. The van der Waals surface area contributed by atoms with Crippen molar-refractivity contribution in [2.24, 2.45) is 5.11 Å². The normalized spacial score (nSPS) is 12.2. The molecule has 0 saturated heterocycles. The SMILES string of the molecule is CCCc1cc(N(CCCl)C(C)COC)ccc1N=[NH2+]. The Balaban J connectivity index is 3.06. The molecule has 0 amide bonds. The molecule has 4 nitrogen and oxygen atoms in total. The van der Waals surface area contributed by atoms with Gasteiger partial charge < -0.3 is 9.64 Å². The number of halogens is 1. The predicted octanol–water partition coefficient (Wildman–Crippen LogP) is 2.56. The molecule has 0 radical (unpaired) electrons. The molecule has 0 aliphatic carbocycles. The van der Waals surface area contributed by atoms with E-state index in [4.69, 9.17) is 21.9 Å². The van der Waals surface area contributed by atoms with Crippen molar-refractivity contribution in [3.8, 4) is 0 Å². The summed E-state index contributed by atoms with van der Waals surface area (Å²) in [6, 6.07) is 6.45. The molecule has 1 aromatic carbocycles. The number of hydrogen-bond donors (Lipinski definition) is 1. The van der Waals surface area contributed by atoms with Crippen molar-refractivity contribution in [2.75, 3.05) is 31.0 Å². The first-order chi connectivity index (χ1) is 9.67. The number of hydrogen-bond acceptors (Lipinski definition) is 3. The Morgan fingerprint density at radius 1 is 1.45 bits per heavy atom. The number of benzene rings is 1. The highest BCUT2D eigenvalue weighted by atomic mass is 35.5. The second kappa shape index (κ2) is 8.93. The highest BCUT2D eigenvalue weighted by molar-refractivity contribution is 6.18. The van der Waals surface area contributed by atoms with Gasteiger partial charge in [0.25, 0.3) is 0 Å². The smallest absolute Gasteiger partial charge is 0.133 e. The summed E-state index contributed by atoms with van der Waals surface area (Å²) in [6.07, 6.45) is 2.03. The van der Waals surface area contributed by atoms with Crippen LogP contribution < -0.4 is 10.4 Å². The molecule has 0 aromatic heterocycles. The van der Waals surface area contributed by atoms with Crippen molar-refractivity contribution < 1.29 is 10.3 Å². The highest BCUT2D eigenvalue weighted by Gasteiger charge is 2.15. The minimum Gasteiger partial charge on any atom is -0.383 e. The van der Waals surface area contributed by atoms with Gasteiger partial charge in [-0.1, -0.05) is 13.3 Å². The van der Waals surface area contributed by atoms with E-state index in [9.17, 15) is 0 Å². The molecule has 0 heterocycles. The molecular formula is C15H25ClN3O+. The van der Waals surface area contributed by atoms with Crippen LogP contribution in [0.1, 0.15) is 25.8 Å². The lowest BCUT2D eigenvalue weighted by Gasteiger charge is -2.30. The summed E-state index contributed by atoms with van der Waals surface area (Å²) in [5, 5.41) is 3.85. The van der Waals surface area contributed by atoms with Gasteiger partial charge in [0.05, 0.1) is 6.61 Å². The van der Waals surface area contributed by atoms with E-state index in [1.54, 1.807) is 7.11 Å². The molecule has 20 heavy (non-hydrogen) atoms. The minimum absolute atomic E-state index is 0.272. The van der Waals surface area contributed by atoms with E-state index in [0.717, 1.165) is 30.8 Å². The van der Waals surface area contributed by atoms with E-state index in [2.05, 4.69) is 29.9 Å². The fourth-order valence-corrected chi connectivity index (χ4v) is 2.55.